The van der Waals surface area contributed by atoms with Crippen LogP contribution in [0.5, 0.6) is 0 Å². The second-order valence-corrected chi connectivity index (χ2v) is 3.16. The third kappa shape index (κ3) is 4.48. The minimum atomic E-state index is 0.122. The molecule has 4 nitrogen and oxygen atoms in total. The van der Waals surface area contributed by atoms with Crippen LogP contribution in [0.2, 0.25) is 0 Å². The van der Waals surface area contributed by atoms with Gasteiger partial charge in [0.05, 0.1) is 5.69 Å². The minimum absolute atomic E-state index is 0.122. The molecule has 0 aromatic carbocycles. The maximum atomic E-state index is 9.88. The van der Waals surface area contributed by atoms with Crippen molar-refractivity contribution in [3.05, 3.63) is 48.5 Å². The molecule has 2 aromatic rings. The minimum Gasteiger partial charge on any atom is -0.368 e. The van der Waals surface area contributed by atoms with Crippen molar-refractivity contribution in [3.63, 3.8) is 0 Å². The van der Waals surface area contributed by atoms with Crippen molar-refractivity contribution in [1.82, 2.24) is 9.97 Å². The van der Waals surface area contributed by atoms with Gasteiger partial charge < -0.3 is 9.97 Å². The lowest BCUT2D eigenvalue weighted by Crippen LogP contribution is -1.90. The molecule has 0 aliphatic rings. The summed E-state index contributed by atoms with van der Waals surface area (Å²) in [7, 11) is 0. The number of hydrogen-bond acceptors (Lipinski definition) is 2. The molecular weight excluding hydrogens is 230 g/mol. The molecule has 2 aromatic heterocycles. The fourth-order valence-electron chi connectivity index (χ4n) is 0.824. The standard InChI is InChI=1S/C5H4N2OS2.C4H5N/c8-10-7-5(9)4-2-1-3-6-4;1-2-4-5-3-1/h1-3,6H;1-5H. The smallest absolute Gasteiger partial charge is 0.206 e. The van der Waals surface area contributed by atoms with Gasteiger partial charge in [0.1, 0.15) is 0 Å². The van der Waals surface area contributed by atoms with Crippen molar-refractivity contribution >= 4 is 28.7 Å². The molecule has 0 unspecified atom stereocenters. The molecule has 0 fully saturated rings. The highest BCUT2D eigenvalue weighted by molar-refractivity contribution is 7.81. The average Bonchev–Trinajstić information content (AvgIpc) is 2.95. The Hall–Kier alpha value is -1.53. The van der Waals surface area contributed by atoms with Gasteiger partial charge in [0.15, 0.2) is 4.99 Å². The molecule has 0 saturated carbocycles. The highest BCUT2D eigenvalue weighted by atomic mass is 32.1. The van der Waals surface area contributed by atoms with Crippen LogP contribution in [-0.4, -0.2) is 19.2 Å². The van der Waals surface area contributed by atoms with Gasteiger partial charge in [0, 0.05) is 18.6 Å². The maximum Gasteiger partial charge on any atom is 0.206 e. The Morgan fingerprint density at radius 3 is 2.40 bits per heavy atom. The zero-order valence-corrected chi connectivity index (χ0v) is 9.35. The second kappa shape index (κ2) is 6.86. The summed E-state index contributed by atoms with van der Waals surface area (Å²) in [5, 5.41) is 0. The predicted octanol–water partition coefficient (Wildman–Crippen LogP) is 2.10. The van der Waals surface area contributed by atoms with Gasteiger partial charge in [-0.1, -0.05) is 12.2 Å². The van der Waals surface area contributed by atoms with E-state index in [0.717, 1.165) is 0 Å². The number of hydrogen-bond donors (Lipinski definition) is 2. The zero-order valence-electron chi connectivity index (χ0n) is 7.71. The van der Waals surface area contributed by atoms with Crippen LogP contribution in [0.4, 0.5) is 0 Å². The van der Waals surface area contributed by atoms with Crippen molar-refractivity contribution in [2.24, 2.45) is 4.36 Å². The molecular formula is C9H9N3OS2. The summed E-state index contributed by atoms with van der Waals surface area (Å²) >= 11 is 4.88. The third-order valence-electron chi connectivity index (χ3n) is 1.44. The molecule has 2 N–H and O–H groups in total. The lowest BCUT2D eigenvalue weighted by molar-refractivity contribution is 0.698. The van der Waals surface area contributed by atoms with E-state index in [-0.39, 0.29) is 11.5 Å². The average molecular weight is 239 g/mol. The predicted molar refractivity (Wildman–Crippen MR) is 63.9 cm³/mol. The van der Waals surface area contributed by atoms with Crippen LogP contribution in [0.3, 0.4) is 0 Å². The highest BCUT2D eigenvalue weighted by Crippen LogP contribution is 1.97. The van der Waals surface area contributed by atoms with E-state index in [0.29, 0.717) is 10.7 Å². The van der Waals surface area contributed by atoms with Crippen molar-refractivity contribution in [3.8, 4) is 0 Å². The fraction of sp³-hybridized carbons (Fsp3) is 0. The first-order chi connectivity index (χ1) is 7.34. The maximum absolute atomic E-state index is 9.88. The molecule has 0 amide bonds. The zero-order chi connectivity index (χ0) is 10.9. The molecule has 0 aliphatic carbocycles. The summed E-state index contributed by atoms with van der Waals surface area (Å²) < 4.78 is 13.3. The number of nitrogens with zero attached hydrogens (tertiary/aromatic N) is 1. The molecule has 0 spiro atoms. The molecule has 2 rings (SSSR count). The fourth-order valence-corrected chi connectivity index (χ4v) is 1.21. The lowest BCUT2D eigenvalue weighted by atomic mass is 10.4. The molecule has 15 heavy (non-hydrogen) atoms. The summed E-state index contributed by atoms with van der Waals surface area (Å²) in [6.07, 6.45) is 5.48. The van der Waals surface area contributed by atoms with Crippen molar-refractivity contribution < 1.29 is 4.21 Å². The molecule has 0 saturated heterocycles. The van der Waals surface area contributed by atoms with E-state index in [1.807, 2.05) is 24.5 Å². The first kappa shape index (κ1) is 11.5. The molecule has 2 heterocycles. The molecule has 0 radical (unpaired) electrons. The van der Waals surface area contributed by atoms with Crippen molar-refractivity contribution in [1.29, 1.82) is 0 Å². The van der Waals surface area contributed by atoms with Crippen molar-refractivity contribution in [2.45, 2.75) is 0 Å². The number of H-pyrrole nitrogens is 2. The molecule has 0 aliphatic heterocycles. The highest BCUT2D eigenvalue weighted by Gasteiger charge is 1.96. The summed E-state index contributed by atoms with van der Waals surface area (Å²) in [5.41, 5.74) is 0.707. The number of nitrogens with one attached hydrogen (secondary N) is 2. The van der Waals surface area contributed by atoms with E-state index in [9.17, 15) is 4.21 Å². The van der Waals surface area contributed by atoms with Gasteiger partial charge in [-0.15, -0.1) is 4.36 Å². The Morgan fingerprint density at radius 2 is 2.00 bits per heavy atom. The molecule has 78 valence electrons. The van der Waals surface area contributed by atoms with E-state index in [2.05, 4.69) is 14.3 Å². The Balaban J connectivity index is 0.000000187. The van der Waals surface area contributed by atoms with E-state index >= 15 is 0 Å². The van der Waals surface area contributed by atoms with Gasteiger partial charge in [0.25, 0.3) is 0 Å². The van der Waals surface area contributed by atoms with Gasteiger partial charge >= 0.3 is 0 Å². The van der Waals surface area contributed by atoms with Gasteiger partial charge in [0.2, 0.25) is 11.5 Å². The van der Waals surface area contributed by atoms with E-state index in [4.69, 9.17) is 12.2 Å². The first-order valence-corrected chi connectivity index (χ1v) is 5.21. The van der Waals surface area contributed by atoms with Crippen LogP contribution in [0.25, 0.3) is 0 Å². The van der Waals surface area contributed by atoms with Gasteiger partial charge in [-0.2, -0.15) is 4.21 Å². The van der Waals surface area contributed by atoms with Gasteiger partial charge in [-0.05, 0) is 24.3 Å². The summed E-state index contributed by atoms with van der Waals surface area (Å²) in [5.74, 6) is 0. The largest absolute Gasteiger partial charge is 0.368 e. The Kier molecular flexibility index (Phi) is 5.28. The Labute approximate surface area is 96.0 Å². The molecule has 6 heteroatoms. The number of thiocarbonyl (C=S) groups is 1. The van der Waals surface area contributed by atoms with Crippen LogP contribution in [0.1, 0.15) is 5.69 Å². The Morgan fingerprint density at radius 1 is 1.27 bits per heavy atom. The van der Waals surface area contributed by atoms with Crippen LogP contribution in [0, 0.1) is 0 Å². The van der Waals surface area contributed by atoms with E-state index in [1.54, 1.807) is 18.3 Å². The third-order valence-corrected chi connectivity index (χ3v) is 2.13. The normalized spacial score (nSPS) is 8.53. The summed E-state index contributed by atoms with van der Waals surface area (Å²) in [6.45, 7) is 0. The quantitative estimate of drug-likeness (QED) is 0.749. The van der Waals surface area contributed by atoms with Gasteiger partial charge in [-0.25, -0.2) is 0 Å². The number of aromatic nitrogens is 2. The summed E-state index contributed by atoms with van der Waals surface area (Å²) in [6, 6.07) is 7.45. The topological polar surface area (TPSA) is 61.0 Å². The van der Waals surface area contributed by atoms with E-state index in [1.165, 1.54) is 0 Å². The SMILES string of the molecule is O=S=NC(=S)c1ccc[nH]1.c1cc[nH]c1. The Bertz CT molecular complexity index is 413. The van der Waals surface area contributed by atoms with Crippen LogP contribution >= 0.6 is 12.2 Å². The molecule has 0 bridgehead atoms. The number of rotatable bonds is 1. The van der Waals surface area contributed by atoms with Crippen LogP contribution in [-0.2, 0) is 11.5 Å². The molecule has 0 atom stereocenters. The van der Waals surface area contributed by atoms with Crippen molar-refractivity contribution in [2.75, 3.05) is 0 Å². The first-order valence-electron chi connectivity index (χ1n) is 4.10. The number of aromatic amines is 2. The van der Waals surface area contributed by atoms with E-state index < -0.39 is 0 Å². The second-order valence-electron chi connectivity index (χ2n) is 2.44. The van der Waals surface area contributed by atoms with Gasteiger partial charge in [-0.3, -0.25) is 0 Å². The monoisotopic (exact) mass is 239 g/mol. The lowest BCUT2D eigenvalue weighted by Gasteiger charge is -1.85. The summed E-state index contributed by atoms with van der Waals surface area (Å²) in [4.78, 5) is 6.01. The van der Waals surface area contributed by atoms with Crippen LogP contribution in [0.15, 0.2) is 47.2 Å². The van der Waals surface area contributed by atoms with Crippen LogP contribution < -0.4 is 0 Å².